The van der Waals surface area contributed by atoms with E-state index in [2.05, 4.69) is 30.1 Å². The lowest BCUT2D eigenvalue weighted by molar-refractivity contribution is 0.112. The minimum absolute atomic E-state index is 0.520. The van der Waals surface area contributed by atoms with Crippen molar-refractivity contribution >= 4 is 41.3 Å². The molecule has 1 aromatic heterocycles. The summed E-state index contributed by atoms with van der Waals surface area (Å²) in [5, 5.41) is 10.6. The molecule has 32 heavy (non-hydrogen) atoms. The Bertz CT molecular complexity index is 1170. The third-order valence-corrected chi connectivity index (χ3v) is 6.65. The van der Waals surface area contributed by atoms with Gasteiger partial charge in [0.15, 0.2) is 0 Å². The number of fused-ring (bicyclic) bond motifs is 1. The Labute approximate surface area is 194 Å². The highest BCUT2D eigenvalue weighted by Gasteiger charge is 2.12. The van der Waals surface area contributed by atoms with E-state index in [1.807, 2.05) is 32.2 Å². The van der Waals surface area contributed by atoms with Crippen molar-refractivity contribution in [2.75, 3.05) is 18.1 Å². The van der Waals surface area contributed by atoms with Gasteiger partial charge in [-0.15, -0.1) is 11.3 Å². The van der Waals surface area contributed by atoms with Gasteiger partial charge in [0.2, 0.25) is 0 Å². The summed E-state index contributed by atoms with van der Waals surface area (Å²) in [6, 6.07) is 12.1. The molecule has 4 nitrogen and oxygen atoms in total. The maximum absolute atomic E-state index is 11.0. The highest BCUT2D eigenvalue weighted by molar-refractivity contribution is 7.15. The van der Waals surface area contributed by atoms with Gasteiger partial charge >= 0.3 is 0 Å². The van der Waals surface area contributed by atoms with Crippen molar-refractivity contribution in [3.63, 3.8) is 0 Å². The summed E-state index contributed by atoms with van der Waals surface area (Å²) in [7, 11) is 1.97. The lowest BCUT2D eigenvalue weighted by Gasteiger charge is -2.07. The summed E-state index contributed by atoms with van der Waals surface area (Å²) in [5.41, 5.74) is 13.9. The first-order valence-electron chi connectivity index (χ1n) is 10.6. The molecule has 1 aliphatic rings. The van der Waals surface area contributed by atoms with Crippen molar-refractivity contribution in [1.29, 1.82) is 5.41 Å². The first kappa shape index (κ1) is 23.2. The molecule has 0 saturated carbocycles. The van der Waals surface area contributed by atoms with Gasteiger partial charge in [0.25, 0.3) is 0 Å². The molecule has 3 aromatic rings. The Hall–Kier alpha value is -3.44. The lowest BCUT2D eigenvalue weighted by Crippen LogP contribution is -1.98. The maximum atomic E-state index is 11.0. The molecular formula is C27H29N3OS. The second kappa shape index (κ2) is 10.7. The predicted octanol–water partition coefficient (Wildman–Crippen LogP) is 6.53. The van der Waals surface area contributed by atoms with E-state index in [1.54, 1.807) is 35.1 Å². The molecule has 0 saturated heterocycles. The van der Waals surface area contributed by atoms with E-state index in [-0.39, 0.29) is 0 Å². The number of rotatable bonds is 6. The van der Waals surface area contributed by atoms with Crippen LogP contribution in [0.5, 0.6) is 0 Å². The summed E-state index contributed by atoms with van der Waals surface area (Å²) in [5.74, 6) is 0. The molecule has 0 spiro atoms. The fourth-order valence-corrected chi connectivity index (χ4v) is 4.82. The van der Waals surface area contributed by atoms with E-state index >= 15 is 0 Å². The third kappa shape index (κ3) is 5.24. The number of nitrogens with one attached hydrogen (secondary N) is 2. The van der Waals surface area contributed by atoms with Crippen LogP contribution in [0.25, 0.3) is 16.5 Å². The van der Waals surface area contributed by atoms with Crippen LogP contribution >= 0.6 is 11.3 Å². The second-order valence-corrected chi connectivity index (χ2v) is 8.89. The van der Waals surface area contributed by atoms with Crippen LogP contribution in [0.2, 0.25) is 0 Å². The molecule has 4 N–H and O–H groups in total. The number of nitrogen functional groups attached to an aromatic ring is 1. The number of benzene rings is 2. The lowest BCUT2D eigenvalue weighted by atomic mass is 10.0. The van der Waals surface area contributed by atoms with Crippen molar-refractivity contribution < 1.29 is 4.79 Å². The molecule has 0 atom stereocenters. The minimum Gasteiger partial charge on any atom is -0.398 e. The highest BCUT2D eigenvalue weighted by Crippen LogP contribution is 2.36. The number of anilines is 2. The molecule has 1 heterocycles. The van der Waals surface area contributed by atoms with Crippen LogP contribution in [-0.2, 0) is 12.8 Å². The van der Waals surface area contributed by atoms with Crippen LogP contribution < -0.4 is 11.1 Å². The molecule has 0 amide bonds. The number of nitrogens with two attached hydrogens (primary N) is 1. The smallest absolute Gasteiger partial charge is 0.150 e. The van der Waals surface area contributed by atoms with Gasteiger partial charge in [-0.05, 0) is 73.2 Å². The summed E-state index contributed by atoms with van der Waals surface area (Å²) in [6.45, 7) is 5.70. The van der Waals surface area contributed by atoms with Gasteiger partial charge in [-0.25, -0.2) is 0 Å². The van der Waals surface area contributed by atoms with Crippen LogP contribution in [-0.4, -0.2) is 19.5 Å². The van der Waals surface area contributed by atoms with E-state index in [0.29, 0.717) is 16.8 Å². The van der Waals surface area contributed by atoms with E-state index in [9.17, 15) is 4.79 Å². The zero-order valence-electron chi connectivity index (χ0n) is 18.6. The van der Waals surface area contributed by atoms with Gasteiger partial charge in [0.1, 0.15) is 6.29 Å². The van der Waals surface area contributed by atoms with Gasteiger partial charge in [0.05, 0.1) is 0 Å². The number of aryl methyl sites for hydroxylation is 3. The van der Waals surface area contributed by atoms with E-state index < -0.39 is 0 Å². The quantitative estimate of drug-likeness (QED) is 0.175. The summed E-state index contributed by atoms with van der Waals surface area (Å²) < 4.78 is 0. The van der Waals surface area contributed by atoms with Crippen LogP contribution in [0, 0.1) is 12.3 Å². The molecular weight excluding hydrogens is 414 g/mol. The standard InChI is InChI=1S/C17H16N2OS.C10H13N/c1-3-4-5-13-8-16(21-11(13)2)15-7-12(10-20)6-14(9-18)17(15)19;1-11-10-6-5-8-3-2-4-9(8)7-10/h3-10,18H,1,19H2,2H3;5-7,11H,2-4H2,1H3/b5-4-,18-9?;. The number of carbonyl (C=O) groups excluding carboxylic acids is 1. The molecule has 0 radical (unpaired) electrons. The SMILES string of the molecule is C=C/C=C\c1cc(-c2cc(C=O)cc(C=N)c2N)sc1C.CNc1ccc2c(c1)CCC2. The molecule has 4 rings (SSSR count). The van der Waals surface area contributed by atoms with Crippen LogP contribution in [0.4, 0.5) is 11.4 Å². The third-order valence-electron chi connectivity index (χ3n) is 5.55. The van der Waals surface area contributed by atoms with Crippen molar-refractivity contribution in [3.8, 4) is 10.4 Å². The van der Waals surface area contributed by atoms with Crippen molar-refractivity contribution in [2.45, 2.75) is 26.2 Å². The van der Waals surface area contributed by atoms with Crippen molar-refractivity contribution in [1.82, 2.24) is 0 Å². The Morgan fingerprint density at radius 1 is 1.12 bits per heavy atom. The number of aldehydes is 1. The van der Waals surface area contributed by atoms with E-state index in [4.69, 9.17) is 11.1 Å². The molecule has 5 heteroatoms. The molecule has 2 aromatic carbocycles. The first-order chi connectivity index (χ1) is 15.5. The number of hydrogen-bond acceptors (Lipinski definition) is 5. The van der Waals surface area contributed by atoms with Crippen LogP contribution in [0.15, 0.2) is 55.1 Å². The highest BCUT2D eigenvalue weighted by atomic mass is 32.1. The summed E-state index contributed by atoms with van der Waals surface area (Å²) >= 11 is 1.61. The topological polar surface area (TPSA) is 79.0 Å². The minimum atomic E-state index is 0.520. The molecule has 0 bridgehead atoms. The Kier molecular flexibility index (Phi) is 7.79. The number of carbonyl (C=O) groups is 1. The first-order valence-corrected chi connectivity index (χ1v) is 11.4. The number of thiophene rings is 1. The number of allylic oxidation sites excluding steroid dienone is 2. The average Bonchev–Trinajstić information content (AvgIpc) is 3.43. The molecule has 164 valence electrons. The summed E-state index contributed by atoms with van der Waals surface area (Å²) in [6.07, 6.45) is 11.4. The van der Waals surface area contributed by atoms with E-state index in [0.717, 1.165) is 27.2 Å². The fourth-order valence-electron chi connectivity index (χ4n) is 3.78. The summed E-state index contributed by atoms with van der Waals surface area (Å²) in [4.78, 5) is 13.2. The predicted molar refractivity (Wildman–Crippen MR) is 139 cm³/mol. The van der Waals surface area contributed by atoms with Gasteiger partial charge in [-0.3, -0.25) is 4.79 Å². The van der Waals surface area contributed by atoms with Gasteiger partial charge in [-0.2, -0.15) is 0 Å². The Morgan fingerprint density at radius 2 is 1.91 bits per heavy atom. The van der Waals surface area contributed by atoms with Gasteiger partial charge in [-0.1, -0.05) is 30.9 Å². The molecule has 0 fully saturated rings. The largest absolute Gasteiger partial charge is 0.398 e. The zero-order chi connectivity index (χ0) is 23.1. The van der Waals surface area contributed by atoms with Crippen LogP contribution in [0.1, 0.15) is 43.9 Å². The zero-order valence-corrected chi connectivity index (χ0v) is 19.4. The van der Waals surface area contributed by atoms with Crippen LogP contribution in [0.3, 0.4) is 0 Å². The monoisotopic (exact) mass is 443 g/mol. The fraction of sp³-hybridized carbons (Fsp3) is 0.185. The van der Waals surface area contributed by atoms with Gasteiger partial charge < -0.3 is 16.5 Å². The molecule has 0 aliphatic heterocycles. The van der Waals surface area contributed by atoms with Crippen molar-refractivity contribution in [2.24, 2.45) is 0 Å². The normalized spacial score (nSPS) is 12.1. The maximum Gasteiger partial charge on any atom is 0.150 e. The Morgan fingerprint density at radius 3 is 2.59 bits per heavy atom. The van der Waals surface area contributed by atoms with Crippen molar-refractivity contribution in [3.05, 3.63) is 87.8 Å². The molecule has 0 unspecified atom stereocenters. The van der Waals surface area contributed by atoms with E-state index in [1.165, 1.54) is 36.7 Å². The Balaban J connectivity index is 0.000000219. The average molecular weight is 444 g/mol. The number of hydrogen-bond donors (Lipinski definition) is 3. The van der Waals surface area contributed by atoms with Gasteiger partial charge in [0, 0.05) is 51.1 Å². The molecule has 1 aliphatic carbocycles. The second-order valence-electron chi connectivity index (χ2n) is 7.64.